The molecule has 2 aliphatic rings. The number of fused-ring (bicyclic) bond motifs is 1. The molecule has 0 N–H and O–H groups in total. The third-order valence-corrected chi connectivity index (χ3v) is 6.42. The molecule has 36 heavy (non-hydrogen) atoms. The first-order chi connectivity index (χ1) is 17.2. The zero-order valence-electron chi connectivity index (χ0n) is 20.5. The number of ether oxygens (including phenoxy) is 1. The molecule has 188 valence electrons. The Balaban J connectivity index is 1.44. The van der Waals surface area contributed by atoms with Crippen LogP contribution in [-0.2, 0) is 4.74 Å². The fraction of sp³-hybridized carbons (Fsp3) is 0.423. The van der Waals surface area contributed by atoms with Gasteiger partial charge in [0.05, 0.1) is 34.0 Å². The maximum Gasteiger partial charge on any atom is 0.410 e. The van der Waals surface area contributed by atoms with Crippen LogP contribution in [0.4, 0.5) is 25.0 Å². The Morgan fingerprint density at radius 2 is 1.89 bits per heavy atom. The fourth-order valence-electron chi connectivity index (χ4n) is 4.60. The summed E-state index contributed by atoms with van der Waals surface area (Å²) in [6.45, 7) is 6.70. The summed E-state index contributed by atoms with van der Waals surface area (Å²) in [5, 5.41) is 0. The smallest absolute Gasteiger partial charge is 0.410 e. The summed E-state index contributed by atoms with van der Waals surface area (Å²) in [7, 11) is 0. The van der Waals surface area contributed by atoms with Crippen LogP contribution < -0.4 is 4.90 Å². The average molecular weight is 495 g/mol. The van der Waals surface area contributed by atoms with E-state index in [9.17, 15) is 13.6 Å². The van der Waals surface area contributed by atoms with E-state index >= 15 is 0 Å². The number of carbonyl (C=O) groups is 1. The van der Waals surface area contributed by atoms with E-state index in [1.165, 1.54) is 12.4 Å². The lowest BCUT2D eigenvalue weighted by Crippen LogP contribution is -2.58. The molecule has 0 atom stereocenters. The van der Waals surface area contributed by atoms with Crippen molar-refractivity contribution < 1.29 is 18.3 Å². The number of nitrogens with zero attached hydrogens (tertiary/aromatic N) is 6. The van der Waals surface area contributed by atoms with Crippen LogP contribution >= 0.6 is 0 Å². The molecule has 0 bridgehead atoms. The summed E-state index contributed by atoms with van der Waals surface area (Å²) in [6, 6.07) is 5.53. The fourth-order valence-corrected chi connectivity index (χ4v) is 4.60. The quantitative estimate of drug-likeness (QED) is 0.458. The highest BCUT2D eigenvalue weighted by Crippen LogP contribution is 2.48. The molecule has 5 rings (SSSR count). The van der Waals surface area contributed by atoms with Gasteiger partial charge in [-0.05, 0) is 51.3 Å². The van der Waals surface area contributed by atoms with Crippen LogP contribution in [0, 0.1) is 0 Å². The molecular weight excluding hydrogens is 466 g/mol. The van der Waals surface area contributed by atoms with Gasteiger partial charge in [-0.1, -0.05) is 6.07 Å². The van der Waals surface area contributed by atoms with Crippen LogP contribution in [0.15, 0.2) is 48.0 Å². The lowest BCUT2D eigenvalue weighted by atomic mass is 10.1. The summed E-state index contributed by atoms with van der Waals surface area (Å²) < 4.78 is 33.8. The second-order valence-corrected chi connectivity index (χ2v) is 10.2. The Morgan fingerprint density at radius 1 is 1.14 bits per heavy atom. The molecule has 1 spiro atoms. The van der Waals surface area contributed by atoms with Gasteiger partial charge in [0.2, 0.25) is 0 Å². The van der Waals surface area contributed by atoms with Crippen LogP contribution in [0.2, 0.25) is 0 Å². The molecule has 1 amide bonds. The molecule has 3 heterocycles. The van der Waals surface area contributed by atoms with Crippen molar-refractivity contribution in [1.29, 1.82) is 0 Å². The maximum atomic E-state index is 14.1. The molecular formula is C26H28F2N6O2. The Bertz CT molecular complexity index is 1320. The molecule has 0 radical (unpaired) electrons. The number of pyridine rings is 1. The first-order valence-corrected chi connectivity index (χ1v) is 11.9. The van der Waals surface area contributed by atoms with Gasteiger partial charge >= 0.3 is 6.09 Å². The number of aliphatic imine (C=N–C) groups is 1. The highest BCUT2D eigenvalue weighted by atomic mass is 19.3. The van der Waals surface area contributed by atoms with Crippen LogP contribution in [0.1, 0.15) is 51.2 Å². The van der Waals surface area contributed by atoms with Crippen molar-refractivity contribution in [3.8, 4) is 0 Å². The van der Waals surface area contributed by atoms with Crippen molar-refractivity contribution in [3.05, 3.63) is 54.1 Å². The summed E-state index contributed by atoms with van der Waals surface area (Å²) in [5.74, 6) is 0. The van der Waals surface area contributed by atoms with Gasteiger partial charge in [-0.2, -0.15) is 0 Å². The standard InChI is InChI=1S/C26H28F2N6O2/c1-25(2,3)36-24(35)34-11-10-33(16-26(34)6-7-26)22-18(23(27)28)14-29-15-21(22)32-13-17-4-5-19-20(12-17)31-9-8-30-19/h4-5,8-9,12-15,23H,6-7,10-11,16H2,1-3H3/b32-13+. The molecule has 2 aromatic heterocycles. The van der Waals surface area contributed by atoms with E-state index in [1.54, 1.807) is 23.5 Å². The first kappa shape index (κ1) is 24.0. The predicted octanol–water partition coefficient (Wildman–Crippen LogP) is 5.30. The first-order valence-electron chi connectivity index (χ1n) is 11.9. The Labute approximate surface area is 208 Å². The summed E-state index contributed by atoms with van der Waals surface area (Å²) in [6.07, 6.45) is 6.08. The molecule has 2 fully saturated rings. The van der Waals surface area contributed by atoms with Gasteiger partial charge in [-0.15, -0.1) is 0 Å². The third kappa shape index (κ3) is 4.84. The number of rotatable bonds is 4. The Kier molecular flexibility index (Phi) is 6.05. The SMILES string of the molecule is CC(C)(C)OC(=O)N1CCN(c2c(/N=C/c3ccc4nccnc4c3)cncc2C(F)F)CC12CC2. The predicted molar refractivity (Wildman–Crippen MR) is 133 cm³/mol. The van der Waals surface area contributed by atoms with Crippen molar-refractivity contribution in [2.24, 2.45) is 4.99 Å². The molecule has 0 unspecified atom stereocenters. The second-order valence-electron chi connectivity index (χ2n) is 10.2. The molecule has 1 aliphatic carbocycles. The third-order valence-electron chi connectivity index (χ3n) is 6.42. The van der Waals surface area contributed by atoms with E-state index in [1.807, 2.05) is 43.9 Å². The molecule has 3 aromatic rings. The van der Waals surface area contributed by atoms with Gasteiger partial charge in [0.1, 0.15) is 11.3 Å². The second kappa shape index (κ2) is 9.07. The van der Waals surface area contributed by atoms with Crippen LogP contribution in [0.3, 0.4) is 0 Å². The molecule has 1 aliphatic heterocycles. The number of carbonyl (C=O) groups excluding carboxylic acids is 1. The van der Waals surface area contributed by atoms with Crippen molar-refractivity contribution in [2.75, 3.05) is 24.5 Å². The van der Waals surface area contributed by atoms with E-state index in [2.05, 4.69) is 19.9 Å². The number of aromatic nitrogens is 3. The van der Waals surface area contributed by atoms with E-state index in [0.717, 1.165) is 29.4 Å². The number of hydrogen-bond donors (Lipinski definition) is 0. The molecule has 8 nitrogen and oxygen atoms in total. The maximum absolute atomic E-state index is 14.1. The zero-order valence-corrected chi connectivity index (χ0v) is 20.5. The van der Waals surface area contributed by atoms with E-state index in [0.29, 0.717) is 31.0 Å². The monoisotopic (exact) mass is 494 g/mol. The van der Waals surface area contributed by atoms with Crippen molar-refractivity contribution >= 4 is 34.7 Å². The van der Waals surface area contributed by atoms with Crippen molar-refractivity contribution in [2.45, 2.75) is 51.2 Å². The summed E-state index contributed by atoms with van der Waals surface area (Å²) in [5.41, 5.74) is 1.76. The Morgan fingerprint density at radius 3 is 2.58 bits per heavy atom. The number of amides is 1. The topological polar surface area (TPSA) is 83.8 Å². The molecule has 1 aromatic carbocycles. The molecule has 1 saturated heterocycles. The number of benzene rings is 1. The van der Waals surface area contributed by atoms with Gasteiger partial charge in [-0.25, -0.2) is 13.6 Å². The number of hydrogen-bond acceptors (Lipinski definition) is 7. The van der Waals surface area contributed by atoms with Crippen molar-refractivity contribution in [3.63, 3.8) is 0 Å². The van der Waals surface area contributed by atoms with Crippen LogP contribution in [0.25, 0.3) is 11.0 Å². The largest absolute Gasteiger partial charge is 0.444 e. The van der Waals surface area contributed by atoms with E-state index in [4.69, 9.17) is 4.74 Å². The number of halogens is 2. The zero-order chi connectivity index (χ0) is 25.5. The summed E-state index contributed by atoms with van der Waals surface area (Å²) in [4.78, 5) is 33.7. The normalized spacial score (nSPS) is 17.4. The van der Waals surface area contributed by atoms with Crippen LogP contribution in [0.5, 0.6) is 0 Å². The number of anilines is 1. The van der Waals surface area contributed by atoms with Crippen molar-refractivity contribution in [1.82, 2.24) is 19.9 Å². The lowest BCUT2D eigenvalue weighted by molar-refractivity contribution is 0.0106. The highest BCUT2D eigenvalue weighted by molar-refractivity contribution is 5.89. The molecule has 10 heteroatoms. The van der Waals surface area contributed by atoms with Gasteiger partial charge in [-0.3, -0.25) is 24.8 Å². The Hall–Kier alpha value is -3.69. The molecule has 1 saturated carbocycles. The minimum absolute atomic E-state index is 0.171. The van der Waals surface area contributed by atoms with Gasteiger partial charge in [0.25, 0.3) is 6.43 Å². The number of piperazine rings is 1. The van der Waals surface area contributed by atoms with Crippen LogP contribution in [-0.4, -0.2) is 62.9 Å². The summed E-state index contributed by atoms with van der Waals surface area (Å²) >= 11 is 0. The lowest BCUT2D eigenvalue weighted by Gasteiger charge is -2.44. The average Bonchev–Trinajstić information content (AvgIpc) is 3.60. The minimum Gasteiger partial charge on any atom is -0.444 e. The number of alkyl halides is 2. The van der Waals surface area contributed by atoms with Gasteiger partial charge in [0.15, 0.2) is 0 Å². The van der Waals surface area contributed by atoms with Gasteiger partial charge in [0, 0.05) is 44.4 Å². The van der Waals surface area contributed by atoms with Gasteiger partial charge < -0.3 is 9.64 Å². The van der Waals surface area contributed by atoms with E-state index < -0.39 is 17.6 Å². The highest BCUT2D eigenvalue weighted by Gasteiger charge is 2.54. The van der Waals surface area contributed by atoms with E-state index in [-0.39, 0.29) is 11.7 Å². The minimum atomic E-state index is -2.71.